The molecule has 6 aliphatic carbocycles. The molecule has 0 radical (unpaired) electrons. The van der Waals surface area contributed by atoms with Gasteiger partial charge >= 0.3 is 0 Å². The summed E-state index contributed by atoms with van der Waals surface area (Å²) in [6.07, 6.45) is 27.9. The monoisotopic (exact) mass is 487 g/mol. The van der Waals surface area contributed by atoms with Gasteiger partial charge in [0.2, 0.25) is 0 Å². The Morgan fingerprint density at radius 1 is 1.11 bits per heavy atom. The molecule has 2 aliphatic heterocycles. The average Bonchev–Trinajstić information content (AvgIpc) is 3.08. The van der Waals surface area contributed by atoms with Crippen molar-refractivity contribution in [2.75, 3.05) is 19.8 Å². The van der Waals surface area contributed by atoms with Crippen molar-refractivity contribution in [2.24, 2.45) is 39.4 Å². The van der Waals surface area contributed by atoms with Gasteiger partial charge in [-0.05, 0) is 107 Å². The van der Waals surface area contributed by atoms with E-state index >= 15 is 0 Å². The lowest BCUT2D eigenvalue weighted by Crippen LogP contribution is -2.73. The smallest absolute Gasteiger partial charge is 0.0652 e. The molecule has 0 aromatic carbocycles. The zero-order chi connectivity index (χ0) is 24.6. The second-order valence-corrected chi connectivity index (χ2v) is 15.0. The number of hydrogen-bond donors (Lipinski definition) is 0. The topological polar surface area (TPSA) is 12.2 Å². The molecule has 2 bridgehead atoms. The van der Waals surface area contributed by atoms with E-state index in [4.69, 9.17) is 4.74 Å². The van der Waals surface area contributed by atoms with E-state index in [1.54, 1.807) is 5.57 Å². The Balaban J connectivity index is 1.39. The van der Waals surface area contributed by atoms with Gasteiger partial charge in [-0.2, -0.15) is 0 Å². The standard InChI is InChI=1S/C34H49NO/c1-5-36-20-13-26-9-6-15-30(26)21-25(3)33-19-11-24(2)28(33)22-34(30)29(33,4)14-8-17-32(34)18-12-27-10-7-16-31(27)23-35(31)32/h8,12,17-18,25-27H,5-7,9-11,13-16,19-23H2,1-4H3/t25-,26+,27+,29-,30-,31+,32-,33-,34-,35?/m1/s1. The highest BCUT2D eigenvalue weighted by atomic mass is 16.5. The van der Waals surface area contributed by atoms with Crippen LogP contribution in [0.25, 0.3) is 0 Å². The third kappa shape index (κ3) is 2.12. The fourth-order valence-electron chi connectivity index (χ4n) is 13.8. The summed E-state index contributed by atoms with van der Waals surface area (Å²) >= 11 is 0. The summed E-state index contributed by atoms with van der Waals surface area (Å²) in [7, 11) is 0. The Labute approximate surface area is 220 Å². The van der Waals surface area contributed by atoms with Crippen molar-refractivity contribution in [3.05, 3.63) is 35.5 Å². The van der Waals surface area contributed by atoms with Crippen molar-refractivity contribution >= 4 is 0 Å². The minimum atomic E-state index is 0.125. The van der Waals surface area contributed by atoms with Crippen LogP contribution in [-0.2, 0) is 4.74 Å². The van der Waals surface area contributed by atoms with Gasteiger partial charge in [-0.15, -0.1) is 0 Å². The first-order valence-electron chi connectivity index (χ1n) is 15.8. The van der Waals surface area contributed by atoms with Crippen LogP contribution in [0.5, 0.6) is 0 Å². The van der Waals surface area contributed by atoms with Crippen LogP contribution in [0.3, 0.4) is 0 Å². The van der Waals surface area contributed by atoms with E-state index in [0.717, 1.165) is 31.0 Å². The molecule has 8 aliphatic rings. The van der Waals surface area contributed by atoms with Crippen molar-refractivity contribution in [3.63, 3.8) is 0 Å². The third-order valence-corrected chi connectivity index (χ3v) is 14.7. The van der Waals surface area contributed by atoms with Crippen molar-refractivity contribution in [2.45, 2.75) is 116 Å². The number of fused-ring (bicyclic) bond motifs is 1. The predicted molar refractivity (Wildman–Crippen MR) is 147 cm³/mol. The maximum absolute atomic E-state index is 6.06. The molecule has 1 unspecified atom stereocenters. The molecule has 10 atom stereocenters. The van der Waals surface area contributed by atoms with Gasteiger partial charge in [0.25, 0.3) is 0 Å². The molecular formula is C34H49NO. The zero-order valence-electron chi connectivity index (χ0n) is 23.5. The summed E-state index contributed by atoms with van der Waals surface area (Å²) in [5.41, 5.74) is 5.89. The van der Waals surface area contributed by atoms with E-state index in [0.29, 0.717) is 27.2 Å². The van der Waals surface area contributed by atoms with E-state index in [1.807, 2.05) is 5.57 Å². The van der Waals surface area contributed by atoms with Crippen LogP contribution in [0.15, 0.2) is 35.5 Å². The quantitative estimate of drug-likeness (QED) is 0.227. The fraction of sp³-hybridized carbons (Fsp3) is 0.824. The van der Waals surface area contributed by atoms with E-state index in [-0.39, 0.29) is 5.54 Å². The first-order chi connectivity index (χ1) is 17.4. The molecular weight excluding hydrogens is 438 g/mol. The molecule has 36 heavy (non-hydrogen) atoms. The van der Waals surface area contributed by atoms with Gasteiger partial charge in [-0.25, -0.2) is 0 Å². The molecule has 4 spiro atoms. The zero-order valence-corrected chi connectivity index (χ0v) is 23.5. The van der Waals surface area contributed by atoms with Crippen LogP contribution >= 0.6 is 0 Å². The molecule has 0 N–H and O–H groups in total. The highest BCUT2D eigenvalue weighted by Gasteiger charge is 2.87. The number of nitrogens with zero attached hydrogens (tertiary/aromatic N) is 1. The summed E-state index contributed by atoms with van der Waals surface area (Å²) in [6.45, 7) is 13.4. The van der Waals surface area contributed by atoms with E-state index in [9.17, 15) is 0 Å². The third-order valence-electron chi connectivity index (χ3n) is 14.7. The maximum atomic E-state index is 6.06. The Kier molecular flexibility index (Phi) is 4.49. The van der Waals surface area contributed by atoms with Gasteiger partial charge in [0.15, 0.2) is 0 Å². The predicted octanol–water partition coefficient (Wildman–Crippen LogP) is 7.86. The summed E-state index contributed by atoms with van der Waals surface area (Å²) in [5.74, 6) is 2.43. The lowest BCUT2D eigenvalue weighted by Gasteiger charge is -2.74. The van der Waals surface area contributed by atoms with E-state index in [1.165, 1.54) is 83.6 Å². The Morgan fingerprint density at radius 2 is 1.97 bits per heavy atom. The van der Waals surface area contributed by atoms with Gasteiger partial charge in [0.05, 0.1) is 5.54 Å². The number of hydrogen-bond acceptors (Lipinski definition) is 2. The van der Waals surface area contributed by atoms with Crippen molar-refractivity contribution in [1.82, 2.24) is 4.90 Å². The minimum Gasteiger partial charge on any atom is -0.382 e. The van der Waals surface area contributed by atoms with Gasteiger partial charge in [0, 0.05) is 36.1 Å². The largest absolute Gasteiger partial charge is 0.382 e. The SMILES string of the molecule is CCOCC[C@@H]1CCC[C@@]12C[C@@H](C)[C@]13CCC(C)=C1C[C@]21[C@@]2(C=CC[C@@]13C)C=C[C@@H]1CCC[C@]13CN32. The van der Waals surface area contributed by atoms with Crippen molar-refractivity contribution < 1.29 is 4.74 Å². The van der Waals surface area contributed by atoms with Crippen LogP contribution in [0, 0.1) is 39.4 Å². The Bertz CT molecular complexity index is 1090. The normalized spacial score (nSPS) is 57.4. The molecule has 5 fully saturated rings. The number of ether oxygens (including phenoxy) is 1. The first-order valence-corrected chi connectivity index (χ1v) is 15.8. The van der Waals surface area contributed by atoms with E-state index in [2.05, 4.69) is 56.9 Å². The maximum Gasteiger partial charge on any atom is 0.0652 e. The fourth-order valence-corrected chi connectivity index (χ4v) is 13.8. The van der Waals surface area contributed by atoms with Crippen LogP contribution in [0.1, 0.15) is 105 Å². The molecule has 8 rings (SSSR count). The van der Waals surface area contributed by atoms with Gasteiger partial charge in [-0.3, -0.25) is 4.90 Å². The first kappa shape index (κ1) is 23.1. The second kappa shape index (κ2) is 7.01. The lowest BCUT2D eigenvalue weighted by molar-refractivity contribution is -0.231. The molecule has 2 heteroatoms. The molecule has 2 nitrogen and oxygen atoms in total. The Hall–Kier alpha value is -0.860. The highest BCUT2D eigenvalue weighted by molar-refractivity contribution is 5.54. The van der Waals surface area contributed by atoms with Gasteiger partial charge in [0.1, 0.15) is 0 Å². The summed E-state index contributed by atoms with van der Waals surface area (Å²) in [5, 5.41) is 0. The minimum absolute atomic E-state index is 0.125. The number of rotatable bonds is 4. The second-order valence-electron chi connectivity index (χ2n) is 15.0. The summed E-state index contributed by atoms with van der Waals surface area (Å²) < 4.78 is 6.06. The molecule has 1 saturated heterocycles. The molecule has 196 valence electrons. The van der Waals surface area contributed by atoms with Crippen LogP contribution in [-0.4, -0.2) is 35.7 Å². The highest BCUT2D eigenvalue weighted by Crippen LogP contribution is 2.90. The molecule has 4 saturated carbocycles. The average molecular weight is 488 g/mol. The van der Waals surface area contributed by atoms with Gasteiger partial charge in [-0.1, -0.05) is 62.1 Å². The summed E-state index contributed by atoms with van der Waals surface area (Å²) in [6, 6.07) is 0. The summed E-state index contributed by atoms with van der Waals surface area (Å²) in [4.78, 5) is 3.12. The molecule has 2 heterocycles. The van der Waals surface area contributed by atoms with Crippen LogP contribution in [0.4, 0.5) is 0 Å². The Morgan fingerprint density at radius 3 is 2.83 bits per heavy atom. The van der Waals surface area contributed by atoms with Gasteiger partial charge < -0.3 is 4.74 Å². The lowest BCUT2D eigenvalue weighted by atomic mass is 9.31. The van der Waals surface area contributed by atoms with Crippen LogP contribution in [0.2, 0.25) is 0 Å². The number of allylic oxidation sites excluding steroid dienone is 3. The molecule has 0 aromatic heterocycles. The van der Waals surface area contributed by atoms with Crippen molar-refractivity contribution in [3.8, 4) is 0 Å². The van der Waals surface area contributed by atoms with Crippen molar-refractivity contribution in [1.29, 1.82) is 0 Å². The molecule has 0 aromatic rings. The molecule has 0 amide bonds. The van der Waals surface area contributed by atoms with E-state index < -0.39 is 0 Å². The van der Waals surface area contributed by atoms with Crippen LogP contribution < -0.4 is 0 Å².